The van der Waals surface area contributed by atoms with E-state index in [2.05, 4.69) is 11.2 Å². The minimum atomic E-state index is 0.699. The maximum atomic E-state index is 5.74. The zero-order chi connectivity index (χ0) is 13.6. The monoisotopic (exact) mass is 273 g/mol. The number of nitrogens with zero attached hydrogens (tertiary/aromatic N) is 1. The van der Waals surface area contributed by atoms with Crippen LogP contribution in [0.2, 0.25) is 0 Å². The lowest BCUT2D eigenvalue weighted by molar-refractivity contribution is 0.0913. The van der Waals surface area contributed by atoms with Gasteiger partial charge in [-0.1, -0.05) is 36.6 Å². The van der Waals surface area contributed by atoms with Crippen molar-refractivity contribution in [1.82, 2.24) is 0 Å². The molecule has 0 spiro atoms. The van der Waals surface area contributed by atoms with E-state index in [1.54, 1.807) is 0 Å². The number of oxime groups is 1. The minimum Gasteiger partial charge on any atom is -0.493 e. The van der Waals surface area contributed by atoms with E-state index in [1.165, 1.54) is 32.1 Å². The van der Waals surface area contributed by atoms with Crippen LogP contribution >= 0.6 is 0 Å². The smallest absolute Gasteiger partial charge is 0.128 e. The van der Waals surface area contributed by atoms with Gasteiger partial charge in [-0.3, -0.25) is 0 Å². The van der Waals surface area contributed by atoms with Crippen molar-refractivity contribution in [3.63, 3.8) is 0 Å². The summed E-state index contributed by atoms with van der Waals surface area (Å²) >= 11 is 0. The maximum absolute atomic E-state index is 5.74. The molecule has 1 aliphatic heterocycles. The van der Waals surface area contributed by atoms with Crippen molar-refractivity contribution < 1.29 is 9.57 Å². The van der Waals surface area contributed by atoms with Crippen LogP contribution in [-0.4, -0.2) is 18.9 Å². The van der Waals surface area contributed by atoms with Crippen LogP contribution in [0.5, 0.6) is 5.75 Å². The average molecular weight is 273 g/mol. The summed E-state index contributed by atoms with van der Waals surface area (Å²) < 4.78 is 5.74. The fourth-order valence-electron chi connectivity index (χ4n) is 3.06. The van der Waals surface area contributed by atoms with Crippen molar-refractivity contribution in [3.8, 4) is 5.75 Å². The van der Waals surface area contributed by atoms with Gasteiger partial charge in [0.15, 0.2) is 0 Å². The maximum Gasteiger partial charge on any atom is 0.128 e. The standard InChI is InChI=1S/C17H23NO2/c1-2-7-14(8-3-1)13-20-18-16-10-6-12-19-17-11-5-4-9-15(16)17/h4-5,9,11,14H,1-3,6-8,10,12-13H2. The molecule has 3 heteroatoms. The van der Waals surface area contributed by atoms with E-state index in [0.717, 1.165) is 43.1 Å². The summed E-state index contributed by atoms with van der Waals surface area (Å²) in [6.45, 7) is 1.53. The first-order chi connectivity index (χ1) is 9.93. The van der Waals surface area contributed by atoms with Crippen LogP contribution in [0.1, 0.15) is 50.5 Å². The molecule has 0 saturated heterocycles. The molecule has 108 valence electrons. The lowest BCUT2D eigenvalue weighted by atomic mass is 9.90. The number of ether oxygens (including phenoxy) is 1. The molecule has 0 N–H and O–H groups in total. The molecule has 3 rings (SSSR count). The Labute approximate surface area is 121 Å². The van der Waals surface area contributed by atoms with E-state index in [4.69, 9.17) is 9.57 Å². The van der Waals surface area contributed by atoms with Gasteiger partial charge >= 0.3 is 0 Å². The van der Waals surface area contributed by atoms with E-state index in [-0.39, 0.29) is 0 Å². The molecule has 2 aliphatic rings. The Morgan fingerprint density at radius 3 is 2.85 bits per heavy atom. The molecule has 0 bridgehead atoms. The van der Waals surface area contributed by atoms with Gasteiger partial charge in [-0.05, 0) is 43.7 Å². The van der Waals surface area contributed by atoms with Crippen LogP contribution in [0.25, 0.3) is 0 Å². The molecule has 0 unspecified atom stereocenters. The predicted octanol–water partition coefficient (Wildman–Crippen LogP) is 4.16. The predicted molar refractivity (Wildman–Crippen MR) is 80.2 cm³/mol. The first-order valence-electron chi connectivity index (χ1n) is 7.84. The second-order valence-electron chi connectivity index (χ2n) is 5.79. The van der Waals surface area contributed by atoms with E-state index in [9.17, 15) is 0 Å². The number of para-hydroxylation sites is 1. The quantitative estimate of drug-likeness (QED) is 0.774. The van der Waals surface area contributed by atoms with E-state index >= 15 is 0 Å². The lowest BCUT2D eigenvalue weighted by Gasteiger charge is -2.20. The summed E-state index contributed by atoms with van der Waals surface area (Å²) in [7, 11) is 0. The highest BCUT2D eigenvalue weighted by molar-refractivity contribution is 6.02. The van der Waals surface area contributed by atoms with Gasteiger partial charge in [0.1, 0.15) is 12.4 Å². The van der Waals surface area contributed by atoms with Crippen molar-refractivity contribution >= 4 is 5.71 Å². The molecule has 20 heavy (non-hydrogen) atoms. The topological polar surface area (TPSA) is 30.8 Å². The van der Waals surface area contributed by atoms with Crippen molar-refractivity contribution in [1.29, 1.82) is 0 Å². The molecule has 0 aromatic heterocycles. The normalized spacial score (nSPS) is 21.9. The first-order valence-corrected chi connectivity index (χ1v) is 7.84. The summed E-state index contributed by atoms with van der Waals surface area (Å²) in [4.78, 5) is 5.66. The molecule has 1 heterocycles. The van der Waals surface area contributed by atoms with E-state index in [1.807, 2.05) is 18.2 Å². The van der Waals surface area contributed by atoms with Gasteiger partial charge < -0.3 is 9.57 Å². The molecule has 1 fully saturated rings. The number of hydrogen-bond donors (Lipinski definition) is 0. The highest BCUT2D eigenvalue weighted by atomic mass is 16.6. The van der Waals surface area contributed by atoms with Crippen LogP contribution in [-0.2, 0) is 4.84 Å². The molecular formula is C17H23NO2. The molecule has 0 radical (unpaired) electrons. The highest BCUT2D eigenvalue weighted by Gasteiger charge is 2.16. The molecular weight excluding hydrogens is 250 g/mol. The van der Waals surface area contributed by atoms with E-state index in [0.29, 0.717) is 5.92 Å². The number of hydrogen-bond acceptors (Lipinski definition) is 3. The first kappa shape index (κ1) is 13.5. The minimum absolute atomic E-state index is 0.699. The van der Waals surface area contributed by atoms with Gasteiger partial charge in [-0.15, -0.1) is 0 Å². The van der Waals surface area contributed by atoms with Crippen LogP contribution in [0.15, 0.2) is 29.4 Å². The summed E-state index contributed by atoms with van der Waals surface area (Å²) in [5.41, 5.74) is 2.13. The Morgan fingerprint density at radius 2 is 1.95 bits per heavy atom. The van der Waals surface area contributed by atoms with Crippen molar-refractivity contribution in [2.75, 3.05) is 13.2 Å². The second-order valence-corrected chi connectivity index (χ2v) is 5.79. The SMILES string of the molecule is c1ccc2c(c1)OCCCC2=NOCC1CCCCC1. The van der Waals surface area contributed by atoms with Crippen LogP contribution in [0.3, 0.4) is 0 Å². The highest BCUT2D eigenvalue weighted by Crippen LogP contribution is 2.26. The third-order valence-electron chi connectivity index (χ3n) is 4.22. The fourth-order valence-corrected chi connectivity index (χ4v) is 3.06. The van der Waals surface area contributed by atoms with Gasteiger partial charge in [-0.25, -0.2) is 0 Å². The largest absolute Gasteiger partial charge is 0.493 e. The average Bonchev–Trinajstić information content (AvgIpc) is 2.71. The molecule has 0 atom stereocenters. The zero-order valence-corrected chi connectivity index (χ0v) is 12.0. The Kier molecular flexibility index (Phi) is 4.57. The van der Waals surface area contributed by atoms with Gasteiger partial charge in [0.25, 0.3) is 0 Å². The molecule has 1 aliphatic carbocycles. The molecule has 0 amide bonds. The number of benzene rings is 1. The van der Waals surface area contributed by atoms with Gasteiger partial charge in [-0.2, -0.15) is 0 Å². The van der Waals surface area contributed by atoms with Crippen molar-refractivity contribution in [3.05, 3.63) is 29.8 Å². The van der Waals surface area contributed by atoms with Gasteiger partial charge in [0, 0.05) is 5.56 Å². The Bertz CT molecular complexity index is 464. The second kappa shape index (κ2) is 6.78. The van der Waals surface area contributed by atoms with Gasteiger partial charge in [0.2, 0.25) is 0 Å². The summed E-state index contributed by atoms with van der Waals surface area (Å²) in [6, 6.07) is 8.12. The molecule has 3 nitrogen and oxygen atoms in total. The van der Waals surface area contributed by atoms with Crippen LogP contribution in [0.4, 0.5) is 0 Å². The van der Waals surface area contributed by atoms with Crippen LogP contribution in [0, 0.1) is 5.92 Å². The number of rotatable bonds is 3. The van der Waals surface area contributed by atoms with Gasteiger partial charge in [0.05, 0.1) is 12.3 Å². The lowest BCUT2D eigenvalue weighted by Crippen LogP contribution is -2.12. The number of fused-ring (bicyclic) bond motifs is 1. The van der Waals surface area contributed by atoms with E-state index < -0.39 is 0 Å². The Balaban J connectivity index is 1.64. The zero-order valence-electron chi connectivity index (χ0n) is 12.0. The van der Waals surface area contributed by atoms with Crippen LogP contribution < -0.4 is 4.74 Å². The summed E-state index contributed by atoms with van der Waals surface area (Å²) in [6.07, 6.45) is 8.61. The van der Waals surface area contributed by atoms with Crippen molar-refractivity contribution in [2.45, 2.75) is 44.9 Å². The molecule has 1 aromatic rings. The third kappa shape index (κ3) is 3.33. The summed E-state index contributed by atoms with van der Waals surface area (Å²) in [5.74, 6) is 1.63. The fraction of sp³-hybridized carbons (Fsp3) is 0.588. The summed E-state index contributed by atoms with van der Waals surface area (Å²) in [5, 5.41) is 4.42. The third-order valence-corrected chi connectivity index (χ3v) is 4.22. The molecule has 1 saturated carbocycles. The molecule has 1 aromatic carbocycles. The Morgan fingerprint density at radius 1 is 1.10 bits per heavy atom. The Hall–Kier alpha value is -1.51. The van der Waals surface area contributed by atoms with Crippen molar-refractivity contribution in [2.24, 2.45) is 11.1 Å².